The number of hydrogen-bond acceptors (Lipinski definition) is 5. The highest BCUT2D eigenvalue weighted by atomic mass is 32.1. The number of aromatic nitrogens is 4. The van der Waals surface area contributed by atoms with Crippen molar-refractivity contribution in [3.8, 4) is 5.69 Å². The van der Waals surface area contributed by atoms with Gasteiger partial charge in [-0.25, -0.2) is 9.67 Å². The first-order chi connectivity index (χ1) is 11.5. The zero-order valence-corrected chi connectivity index (χ0v) is 14.7. The number of aryl methyl sites for hydroxylation is 1. The van der Waals surface area contributed by atoms with Crippen molar-refractivity contribution in [1.82, 2.24) is 25.3 Å². The summed E-state index contributed by atoms with van der Waals surface area (Å²) in [7, 11) is 0. The Morgan fingerprint density at radius 1 is 1.33 bits per heavy atom. The molecule has 0 spiro atoms. The number of hydrogen-bond donors (Lipinski definition) is 1. The van der Waals surface area contributed by atoms with Crippen molar-refractivity contribution in [1.29, 1.82) is 0 Å². The summed E-state index contributed by atoms with van der Waals surface area (Å²) in [5.74, 6) is -0.255. The van der Waals surface area contributed by atoms with Crippen molar-refractivity contribution in [3.63, 3.8) is 0 Å². The molecule has 1 N–H and O–H groups in total. The van der Waals surface area contributed by atoms with Gasteiger partial charge in [-0.3, -0.25) is 4.79 Å². The molecule has 0 saturated carbocycles. The maximum atomic E-state index is 12.6. The maximum Gasteiger partial charge on any atom is 0.274 e. The van der Waals surface area contributed by atoms with Gasteiger partial charge >= 0.3 is 0 Å². The first-order valence-electron chi connectivity index (χ1n) is 7.75. The van der Waals surface area contributed by atoms with Gasteiger partial charge in [0, 0.05) is 11.1 Å². The van der Waals surface area contributed by atoms with E-state index < -0.39 is 5.54 Å². The monoisotopic (exact) mass is 341 g/mol. The fraction of sp³-hybridized carbons (Fsp3) is 0.294. The van der Waals surface area contributed by atoms with Gasteiger partial charge in [-0.15, -0.1) is 16.4 Å². The molecule has 0 fully saturated rings. The molecule has 124 valence electrons. The number of nitrogens with zero attached hydrogens (tertiary/aromatic N) is 4. The van der Waals surface area contributed by atoms with Crippen molar-refractivity contribution >= 4 is 17.2 Å². The van der Waals surface area contributed by atoms with E-state index in [0.717, 1.165) is 22.8 Å². The number of nitrogens with one attached hydrogen (secondary N) is 1. The van der Waals surface area contributed by atoms with E-state index in [9.17, 15) is 4.79 Å². The molecule has 3 aromatic rings. The van der Waals surface area contributed by atoms with Gasteiger partial charge < -0.3 is 5.32 Å². The van der Waals surface area contributed by atoms with E-state index in [-0.39, 0.29) is 11.6 Å². The smallest absolute Gasteiger partial charge is 0.274 e. The molecule has 0 saturated heterocycles. The number of carbonyl (C=O) groups excluding carboxylic acids is 1. The average molecular weight is 341 g/mol. The number of amides is 1. The zero-order chi connectivity index (χ0) is 17.2. The van der Waals surface area contributed by atoms with Crippen LogP contribution < -0.4 is 5.32 Å². The van der Waals surface area contributed by atoms with Gasteiger partial charge in [-0.2, -0.15) is 0 Å². The second-order valence-electron chi connectivity index (χ2n) is 5.82. The highest BCUT2D eigenvalue weighted by Gasteiger charge is 2.31. The van der Waals surface area contributed by atoms with Gasteiger partial charge in [0.1, 0.15) is 5.01 Å². The Balaban J connectivity index is 1.81. The van der Waals surface area contributed by atoms with Crippen LogP contribution >= 0.6 is 11.3 Å². The van der Waals surface area contributed by atoms with Crippen LogP contribution in [0.2, 0.25) is 0 Å². The third-order valence-corrected chi connectivity index (χ3v) is 5.16. The lowest BCUT2D eigenvalue weighted by Crippen LogP contribution is -2.43. The third kappa shape index (κ3) is 3.21. The SMILES string of the molecule is CC[C@](C)(NC(=O)c1cn(-c2ccccc2)nn1)c1nc(C)cs1. The Morgan fingerprint density at radius 2 is 2.08 bits per heavy atom. The lowest BCUT2D eigenvalue weighted by atomic mass is 9.99. The Kier molecular flexibility index (Phi) is 4.44. The minimum atomic E-state index is -0.521. The molecule has 1 atom stereocenters. The molecule has 2 heterocycles. The highest BCUT2D eigenvalue weighted by Crippen LogP contribution is 2.27. The lowest BCUT2D eigenvalue weighted by molar-refractivity contribution is 0.0896. The Hall–Kier alpha value is -2.54. The zero-order valence-electron chi connectivity index (χ0n) is 13.9. The fourth-order valence-corrected chi connectivity index (χ4v) is 3.28. The van der Waals surface area contributed by atoms with Gasteiger partial charge in [-0.05, 0) is 32.4 Å². The first kappa shape index (κ1) is 16.3. The molecule has 0 bridgehead atoms. The van der Waals surface area contributed by atoms with Gasteiger partial charge in [0.05, 0.1) is 17.4 Å². The Labute approximate surface area is 144 Å². The van der Waals surface area contributed by atoms with E-state index in [1.54, 1.807) is 22.2 Å². The molecular weight excluding hydrogens is 322 g/mol. The molecule has 1 aromatic carbocycles. The maximum absolute atomic E-state index is 12.6. The predicted molar refractivity (Wildman–Crippen MR) is 93.3 cm³/mol. The summed E-state index contributed by atoms with van der Waals surface area (Å²) in [6.07, 6.45) is 2.37. The Morgan fingerprint density at radius 3 is 2.71 bits per heavy atom. The number of benzene rings is 1. The van der Waals surface area contributed by atoms with Crippen molar-refractivity contribution in [2.45, 2.75) is 32.7 Å². The minimum Gasteiger partial charge on any atom is -0.339 e. The molecule has 0 aliphatic carbocycles. The number of rotatable bonds is 5. The summed E-state index contributed by atoms with van der Waals surface area (Å²) in [5, 5.41) is 14.0. The van der Waals surface area contributed by atoms with E-state index in [2.05, 4.69) is 20.6 Å². The van der Waals surface area contributed by atoms with E-state index in [4.69, 9.17) is 0 Å². The van der Waals surface area contributed by atoms with Crippen molar-refractivity contribution in [2.75, 3.05) is 0 Å². The van der Waals surface area contributed by atoms with Crippen molar-refractivity contribution in [2.24, 2.45) is 0 Å². The topological polar surface area (TPSA) is 72.7 Å². The Bertz CT molecular complexity index is 842. The standard InChI is InChI=1S/C17H19N5OS/c1-4-17(3,16-18-12(2)11-24-16)19-15(23)14-10-22(21-20-14)13-8-6-5-7-9-13/h5-11H,4H2,1-3H3,(H,19,23)/t17-/m0/s1. The van der Waals surface area contributed by atoms with Crippen LogP contribution in [0.5, 0.6) is 0 Å². The fourth-order valence-electron chi connectivity index (χ4n) is 2.29. The van der Waals surface area contributed by atoms with Crippen LogP contribution in [0, 0.1) is 6.92 Å². The van der Waals surface area contributed by atoms with E-state index >= 15 is 0 Å². The van der Waals surface area contributed by atoms with Crippen LogP contribution in [0.4, 0.5) is 0 Å². The van der Waals surface area contributed by atoms with Crippen molar-refractivity contribution < 1.29 is 4.79 Å². The molecule has 0 aliphatic rings. The van der Waals surface area contributed by atoms with Crippen LogP contribution in [-0.2, 0) is 5.54 Å². The molecule has 0 unspecified atom stereocenters. The molecule has 2 aromatic heterocycles. The molecule has 6 nitrogen and oxygen atoms in total. The average Bonchev–Trinajstić information content (AvgIpc) is 3.25. The molecule has 3 rings (SSSR count). The van der Waals surface area contributed by atoms with Crippen LogP contribution in [0.25, 0.3) is 5.69 Å². The lowest BCUT2D eigenvalue weighted by Gasteiger charge is -2.26. The summed E-state index contributed by atoms with van der Waals surface area (Å²) < 4.78 is 1.59. The van der Waals surface area contributed by atoms with E-state index in [0.29, 0.717) is 0 Å². The molecule has 1 amide bonds. The number of thiazole rings is 1. The second-order valence-corrected chi connectivity index (χ2v) is 6.68. The highest BCUT2D eigenvalue weighted by molar-refractivity contribution is 7.09. The quantitative estimate of drug-likeness (QED) is 0.774. The summed E-state index contributed by atoms with van der Waals surface area (Å²) in [6, 6.07) is 9.57. The second kappa shape index (κ2) is 6.52. The summed E-state index contributed by atoms with van der Waals surface area (Å²) in [5.41, 5.74) is 1.58. The molecular formula is C17H19N5OS. The van der Waals surface area contributed by atoms with Gasteiger partial charge in [0.15, 0.2) is 5.69 Å². The number of carbonyl (C=O) groups is 1. The van der Waals surface area contributed by atoms with Gasteiger partial charge in [0.2, 0.25) is 0 Å². The molecule has 24 heavy (non-hydrogen) atoms. The summed E-state index contributed by atoms with van der Waals surface area (Å²) >= 11 is 1.55. The number of para-hydroxylation sites is 1. The van der Waals surface area contributed by atoms with E-state index in [1.165, 1.54) is 0 Å². The van der Waals surface area contributed by atoms with E-state index in [1.807, 2.05) is 56.5 Å². The third-order valence-electron chi connectivity index (χ3n) is 3.93. The normalized spacial score (nSPS) is 13.5. The first-order valence-corrected chi connectivity index (χ1v) is 8.62. The van der Waals surface area contributed by atoms with Crippen LogP contribution in [0.1, 0.15) is 41.5 Å². The van der Waals surface area contributed by atoms with Gasteiger partial charge in [0.25, 0.3) is 5.91 Å². The van der Waals surface area contributed by atoms with Crippen LogP contribution in [0.15, 0.2) is 41.9 Å². The van der Waals surface area contributed by atoms with Crippen LogP contribution in [0.3, 0.4) is 0 Å². The largest absolute Gasteiger partial charge is 0.339 e. The van der Waals surface area contributed by atoms with Gasteiger partial charge in [-0.1, -0.05) is 30.3 Å². The molecule has 0 aliphatic heterocycles. The molecule has 7 heteroatoms. The van der Waals surface area contributed by atoms with Crippen LogP contribution in [-0.4, -0.2) is 25.9 Å². The van der Waals surface area contributed by atoms with Crippen molar-refractivity contribution in [3.05, 3.63) is 58.3 Å². The molecule has 0 radical (unpaired) electrons. The minimum absolute atomic E-state index is 0.255. The summed E-state index contributed by atoms with van der Waals surface area (Å²) in [4.78, 5) is 17.1. The summed E-state index contributed by atoms with van der Waals surface area (Å²) in [6.45, 7) is 5.95. The predicted octanol–water partition coefficient (Wildman–Crippen LogP) is 3.09.